The van der Waals surface area contributed by atoms with E-state index in [1.54, 1.807) is 0 Å². The summed E-state index contributed by atoms with van der Waals surface area (Å²) in [6, 6.07) is 5.89. The van der Waals surface area contributed by atoms with Crippen molar-refractivity contribution >= 4 is 34.8 Å². The van der Waals surface area contributed by atoms with E-state index >= 15 is 4.39 Å². The second kappa shape index (κ2) is 7.93. The summed E-state index contributed by atoms with van der Waals surface area (Å²) in [7, 11) is 0. The zero-order chi connectivity index (χ0) is 25.4. The van der Waals surface area contributed by atoms with Crippen LogP contribution in [0.1, 0.15) is 37.3 Å². The average molecular weight is 535 g/mol. The van der Waals surface area contributed by atoms with Crippen LogP contribution in [0.2, 0.25) is 0 Å². The molecule has 3 unspecified atom stereocenters. The van der Waals surface area contributed by atoms with E-state index in [0.717, 1.165) is 25.0 Å². The highest BCUT2D eigenvalue weighted by atomic mass is 35.5. The number of amides is 1. The largest absolute Gasteiger partial charge is 0.435 e. The molecule has 0 radical (unpaired) electrons. The molecule has 0 N–H and O–H groups in total. The first-order valence-electron chi connectivity index (χ1n) is 11.1. The minimum atomic E-state index is -4.92. The Morgan fingerprint density at radius 3 is 2.37 bits per heavy atom. The third kappa shape index (κ3) is 4.04. The van der Waals surface area contributed by atoms with Crippen molar-refractivity contribution in [2.75, 3.05) is 13.1 Å². The van der Waals surface area contributed by atoms with Crippen molar-refractivity contribution in [2.24, 2.45) is 11.1 Å². The lowest BCUT2D eigenvalue weighted by Gasteiger charge is -2.45. The Morgan fingerprint density at radius 1 is 1.20 bits per heavy atom. The molecule has 4 aliphatic rings. The predicted molar refractivity (Wildman–Crippen MR) is 121 cm³/mol. The molecule has 188 valence electrons. The molecule has 2 aliphatic heterocycles. The zero-order valence-corrected chi connectivity index (χ0v) is 20.0. The van der Waals surface area contributed by atoms with E-state index in [1.807, 2.05) is 0 Å². The van der Waals surface area contributed by atoms with Gasteiger partial charge in [0.15, 0.2) is 11.8 Å². The number of carbonyl (C=O) groups excluding carboxylic acids is 1. The number of alkyl halides is 6. The van der Waals surface area contributed by atoms with E-state index in [2.05, 4.69) is 5.16 Å². The quantitative estimate of drug-likeness (QED) is 0.355. The molecule has 3 atom stereocenters. The van der Waals surface area contributed by atoms with Gasteiger partial charge in [0.2, 0.25) is 5.91 Å². The standard InChI is InChI=1S/C24H21Cl2F5N2O2/c1-21(26)9-16(8-17(25)19(21)27)23(24(29,30)31)10-18(32-35-23)13-4-6-15(7-5-13)22(28)11-33(12-22)20(34)14-2-3-14/h4-9,14,19H,2-3,10-12H2,1H3. The highest BCUT2D eigenvalue weighted by Crippen LogP contribution is 2.50. The Kier molecular flexibility index (Phi) is 5.57. The van der Waals surface area contributed by atoms with Gasteiger partial charge in [-0.05, 0) is 37.0 Å². The molecule has 4 nitrogen and oxygen atoms in total. The fraction of sp³-hybridized carbons (Fsp3) is 0.500. The summed E-state index contributed by atoms with van der Waals surface area (Å²) >= 11 is 11.9. The maximum Gasteiger partial charge on any atom is 0.435 e. The second-order valence-corrected chi connectivity index (χ2v) is 11.0. The van der Waals surface area contributed by atoms with Crippen molar-refractivity contribution in [2.45, 2.75) is 54.7 Å². The monoisotopic (exact) mass is 534 g/mol. The second-order valence-electron chi connectivity index (χ2n) is 9.78. The molecule has 1 amide bonds. The van der Waals surface area contributed by atoms with E-state index in [9.17, 15) is 22.4 Å². The van der Waals surface area contributed by atoms with Crippen molar-refractivity contribution in [3.63, 3.8) is 0 Å². The smallest absolute Gasteiger partial charge is 0.374 e. The molecule has 0 aromatic heterocycles. The van der Waals surface area contributed by atoms with Crippen molar-refractivity contribution in [1.29, 1.82) is 0 Å². The van der Waals surface area contributed by atoms with Crippen LogP contribution >= 0.6 is 23.2 Å². The first-order valence-corrected chi connectivity index (χ1v) is 11.9. The van der Waals surface area contributed by atoms with Crippen LogP contribution in [0.3, 0.4) is 0 Å². The van der Waals surface area contributed by atoms with Crippen molar-refractivity contribution in [3.8, 4) is 0 Å². The Hall–Kier alpha value is -2.13. The van der Waals surface area contributed by atoms with Gasteiger partial charge in [0.05, 0.1) is 28.7 Å². The SMILES string of the molecule is CC1(Cl)C=C(C2(C(F)(F)F)CC(c3ccc(C4(F)CN(C(=O)C5CC5)C4)cc3)=NO2)C=C(Cl)C1F. The third-order valence-electron chi connectivity index (χ3n) is 6.98. The maximum atomic E-state index is 15.2. The van der Waals surface area contributed by atoms with Gasteiger partial charge in [-0.2, -0.15) is 13.2 Å². The molecular formula is C24H21Cl2F5N2O2. The molecule has 2 aliphatic carbocycles. The highest BCUT2D eigenvalue weighted by Gasteiger charge is 2.64. The maximum absolute atomic E-state index is 15.2. The topological polar surface area (TPSA) is 41.9 Å². The Bertz CT molecular complexity index is 1150. The minimum Gasteiger partial charge on any atom is -0.374 e. The summed E-state index contributed by atoms with van der Waals surface area (Å²) in [5, 5.41) is 3.22. The average Bonchev–Trinajstić information content (AvgIpc) is 3.51. The number of halogens is 7. The summed E-state index contributed by atoms with van der Waals surface area (Å²) in [6.45, 7) is 1.13. The number of hydrogen-bond donors (Lipinski definition) is 0. The lowest BCUT2D eigenvalue weighted by atomic mass is 9.80. The van der Waals surface area contributed by atoms with Crippen LogP contribution in [0.4, 0.5) is 22.0 Å². The lowest BCUT2D eigenvalue weighted by molar-refractivity contribution is -0.252. The van der Waals surface area contributed by atoms with Crippen LogP contribution in [0, 0.1) is 5.92 Å². The lowest BCUT2D eigenvalue weighted by Crippen LogP contribution is -2.59. The molecule has 2 fully saturated rings. The summed E-state index contributed by atoms with van der Waals surface area (Å²) in [4.78, 5) is 16.8. The molecule has 1 aromatic carbocycles. The van der Waals surface area contributed by atoms with E-state index in [1.165, 1.54) is 36.1 Å². The third-order valence-corrected chi connectivity index (χ3v) is 7.58. The fourth-order valence-corrected chi connectivity index (χ4v) is 5.28. The van der Waals surface area contributed by atoms with Crippen molar-refractivity contribution in [1.82, 2.24) is 4.90 Å². The predicted octanol–water partition coefficient (Wildman–Crippen LogP) is 5.93. The molecular weight excluding hydrogens is 514 g/mol. The number of allylic oxidation sites excluding steroid dienone is 2. The van der Waals surface area contributed by atoms with Crippen LogP contribution < -0.4 is 0 Å². The van der Waals surface area contributed by atoms with Crippen molar-refractivity contribution < 1.29 is 31.6 Å². The van der Waals surface area contributed by atoms with Gasteiger partial charge in [-0.3, -0.25) is 4.79 Å². The molecule has 0 bridgehead atoms. The number of hydrogen-bond acceptors (Lipinski definition) is 3. The molecule has 5 rings (SSSR count). The number of carbonyl (C=O) groups is 1. The minimum absolute atomic E-state index is 0.00710. The van der Waals surface area contributed by atoms with Gasteiger partial charge in [0, 0.05) is 17.9 Å². The van der Waals surface area contributed by atoms with Gasteiger partial charge >= 0.3 is 6.18 Å². The molecule has 2 heterocycles. The van der Waals surface area contributed by atoms with Crippen LogP contribution in [0.15, 0.2) is 52.2 Å². The first kappa shape index (κ1) is 24.6. The van der Waals surface area contributed by atoms with Gasteiger partial charge < -0.3 is 9.74 Å². The highest BCUT2D eigenvalue weighted by molar-refractivity contribution is 6.33. The van der Waals surface area contributed by atoms with E-state index in [-0.39, 0.29) is 30.6 Å². The molecule has 11 heteroatoms. The van der Waals surface area contributed by atoms with Gasteiger partial charge in [-0.25, -0.2) is 8.78 Å². The Labute approximate surface area is 208 Å². The summed E-state index contributed by atoms with van der Waals surface area (Å²) in [5.41, 5.74) is -4.39. The Balaban J connectivity index is 1.35. The molecule has 0 spiro atoms. The number of oxime groups is 1. The summed E-state index contributed by atoms with van der Waals surface area (Å²) in [5.74, 6) is -0.0261. The van der Waals surface area contributed by atoms with Gasteiger partial charge in [-0.1, -0.05) is 47.1 Å². The van der Waals surface area contributed by atoms with Crippen LogP contribution in [0.5, 0.6) is 0 Å². The van der Waals surface area contributed by atoms with E-state index in [4.69, 9.17) is 28.0 Å². The molecule has 1 aromatic rings. The Morgan fingerprint density at radius 2 is 1.83 bits per heavy atom. The molecule has 1 saturated heterocycles. The summed E-state index contributed by atoms with van der Waals surface area (Å²) in [6.07, 6.45) is -3.97. The van der Waals surface area contributed by atoms with Crippen LogP contribution in [-0.2, 0) is 15.3 Å². The molecule has 1 saturated carbocycles. The first-order chi connectivity index (χ1) is 16.3. The van der Waals surface area contributed by atoms with Crippen LogP contribution in [-0.4, -0.2) is 52.4 Å². The number of nitrogens with zero attached hydrogens (tertiary/aromatic N) is 2. The number of rotatable bonds is 4. The van der Waals surface area contributed by atoms with Gasteiger partial charge in [0.1, 0.15) is 0 Å². The van der Waals surface area contributed by atoms with E-state index in [0.29, 0.717) is 11.1 Å². The van der Waals surface area contributed by atoms with Gasteiger partial charge in [-0.15, -0.1) is 11.6 Å². The van der Waals surface area contributed by atoms with Gasteiger partial charge in [0.25, 0.3) is 5.60 Å². The fourth-order valence-electron chi connectivity index (χ4n) is 4.65. The van der Waals surface area contributed by atoms with Crippen molar-refractivity contribution in [3.05, 3.63) is 58.1 Å². The number of likely N-dealkylation sites (tertiary alicyclic amines) is 1. The summed E-state index contributed by atoms with van der Waals surface area (Å²) < 4.78 is 72.3. The van der Waals surface area contributed by atoms with Crippen LogP contribution in [0.25, 0.3) is 0 Å². The van der Waals surface area contributed by atoms with E-state index < -0.39 is 45.5 Å². The normalized spacial score (nSPS) is 32.3. The number of benzene rings is 1. The molecule has 35 heavy (non-hydrogen) atoms. The zero-order valence-electron chi connectivity index (χ0n) is 18.5.